The number of hydrogen-bond donors (Lipinski definition) is 1. The average Bonchev–Trinajstić information content (AvgIpc) is 2.67. The van der Waals surface area contributed by atoms with E-state index >= 15 is 0 Å². The molecule has 1 aromatic rings. The van der Waals surface area contributed by atoms with Crippen LogP contribution < -0.4 is 4.90 Å². The topological polar surface area (TPSA) is 53.0 Å². The van der Waals surface area contributed by atoms with Crippen molar-refractivity contribution in [1.82, 2.24) is 4.90 Å². The Hall–Kier alpha value is -1.97. The van der Waals surface area contributed by atoms with E-state index in [1.54, 1.807) is 0 Å². The van der Waals surface area contributed by atoms with Crippen LogP contribution in [0.4, 0.5) is 10.5 Å². The van der Waals surface area contributed by atoms with Crippen molar-refractivity contribution in [2.75, 3.05) is 31.2 Å². The van der Waals surface area contributed by atoms with Gasteiger partial charge in [0, 0.05) is 24.8 Å². The smallest absolute Gasteiger partial charge is 0.419 e. The molecule has 0 unspecified atom stereocenters. The summed E-state index contributed by atoms with van der Waals surface area (Å²) in [6, 6.07) is 11.2. The molecule has 1 amide bonds. The summed E-state index contributed by atoms with van der Waals surface area (Å²) in [6.45, 7) is 16.9. The predicted molar refractivity (Wildman–Crippen MR) is 122 cm³/mol. The lowest BCUT2D eigenvalue weighted by molar-refractivity contribution is 0.122. The molecule has 0 radical (unpaired) electrons. The Bertz CT molecular complexity index is 707. The Kier molecular flexibility index (Phi) is 8.18. The van der Waals surface area contributed by atoms with Crippen molar-refractivity contribution in [2.45, 2.75) is 64.7 Å². The molecule has 1 heterocycles. The summed E-state index contributed by atoms with van der Waals surface area (Å²) in [5.74, 6) is 0. The van der Waals surface area contributed by atoms with Crippen molar-refractivity contribution in [2.24, 2.45) is 0 Å². The molecule has 1 N–H and O–H groups in total. The summed E-state index contributed by atoms with van der Waals surface area (Å²) >= 11 is 0. The van der Waals surface area contributed by atoms with Gasteiger partial charge in [-0.15, -0.1) is 5.54 Å². The van der Waals surface area contributed by atoms with Gasteiger partial charge in [-0.2, -0.15) is 0 Å². The summed E-state index contributed by atoms with van der Waals surface area (Å²) in [7, 11) is -1.97. The van der Waals surface area contributed by atoms with Gasteiger partial charge in [0.2, 0.25) is 0 Å². The van der Waals surface area contributed by atoms with Gasteiger partial charge in [-0.25, -0.2) is 9.69 Å². The van der Waals surface area contributed by atoms with Gasteiger partial charge in [0.1, 0.15) is 8.07 Å². The number of amides is 1. The maximum atomic E-state index is 11.9. The van der Waals surface area contributed by atoms with Gasteiger partial charge >= 0.3 is 6.09 Å². The van der Waals surface area contributed by atoms with Crippen molar-refractivity contribution < 1.29 is 14.6 Å². The molecule has 0 atom stereocenters. The third kappa shape index (κ3) is 5.55. The van der Waals surface area contributed by atoms with E-state index in [4.69, 9.17) is 4.74 Å². The third-order valence-electron chi connectivity index (χ3n) is 6.16. The highest BCUT2D eigenvalue weighted by Crippen LogP contribution is 2.40. The Morgan fingerprint density at radius 2 is 1.59 bits per heavy atom. The molecule has 1 saturated heterocycles. The molecule has 29 heavy (non-hydrogen) atoms. The first-order valence-corrected chi connectivity index (χ1v) is 12.9. The maximum absolute atomic E-state index is 11.9. The fraction of sp³-hybridized carbons (Fsp3) is 0.609. The number of benzene rings is 1. The van der Waals surface area contributed by atoms with Gasteiger partial charge < -0.3 is 14.7 Å². The van der Waals surface area contributed by atoms with Crippen molar-refractivity contribution in [3.63, 3.8) is 0 Å². The van der Waals surface area contributed by atoms with E-state index in [-0.39, 0.29) is 6.54 Å². The van der Waals surface area contributed by atoms with Crippen LogP contribution in [0.3, 0.4) is 0 Å². The Balaban J connectivity index is 2.20. The van der Waals surface area contributed by atoms with Crippen LogP contribution >= 0.6 is 0 Å². The van der Waals surface area contributed by atoms with Crippen molar-refractivity contribution in [3.8, 4) is 11.6 Å². The minimum Gasteiger partial charge on any atom is -0.464 e. The van der Waals surface area contributed by atoms with Crippen LogP contribution in [-0.4, -0.2) is 50.5 Å². The molecule has 1 aliphatic heterocycles. The molecule has 160 valence electrons. The molecule has 0 bridgehead atoms. The summed E-state index contributed by atoms with van der Waals surface area (Å²) in [4.78, 5) is 15.4. The second-order valence-electron chi connectivity index (χ2n) is 8.77. The summed E-state index contributed by atoms with van der Waals surface area (Å²) in [6.07, 6.45) is -0.992. The zero-order valence-electron chi connectivity index (χ0n) is 18.7. The largest absolute Gasteiger partial charge is 0.464 e. The van der Waals surface area contributed by atoms with Crippen LogP contribution in [0.2, 0.25) is 16.6 Å². The monoisotopic (exact) mass is 416 g/mol. The van der Waals surface area contributed by atoms with Gasteiger partial charge in [-0.3, -0.25) is 0 Å². The highest BCUT2D eigenvalue weighted by Gasteiger charge is 2.42. The van der Waals surface area contributed by atoms with Crippen LogP contribution in [0.1, 0.15) is 47.1 Å². The molecule has 0 aliphatic carbocycles. The van der Waals surface area contributed by atoms with Crippen LogP contribution in [-0.2, 0) is 11.3 Å². The molecule has 0 spiro atoms. The van der Waals surface area contributed by atoms with E-state index in [2.05, 4.69) is 70.2 Å². The molecule has 0 saturated carbocycles. The highest BCUT2D eigenvalue weighted by atomic mass is 28.3. The number of morpholine rings is 1. The third-order valence-corrected chi connectivity index (χ3v) is 12.4. The van der Waals surface area contributed by atoms with E-state index in [1.165, 1.54) is 4.90 Å². The Morgan fingerprint density at radius 3 is 2.03 bits per heavy atom. The average molecular weight is 417 g/mol. The molecule has 2 rings (SSSR count). The maximum Gasteiger partial charge on any atom is 0.419 e. The minimum atomic E-state index is -1.97. The lowest BCUT2D eigenvalue weighted by Crippen LogP contribution is -2.43. The zero-order valence-corrected chi connectivity index (χ0v) is 19.7. The predicted octanol–water partition coefficient (Wildman–Crippen LogP) is 5.18. The van der Waals surface area contributed by atoms with Crippen molar-refractivity contribution >= 4 is 19.9 Å². The van der Waals surface area contributed by atoms with Crippen LogP contribution in [0.25, 0.3) is 0 Å². The number of hydrogen-bond acceptors (Lipinski definition) is 3. The first-order valence-electron chi connectivity index (χ1n) is 10.6. The summed E-state index contributed by atoms with van der Waals surface area (Å²) < 4.78 is 5.40. The Morgan fingerprint density at radius 1 is 1.07 bits per heavy atom. The summed E-state index contributed by atoms with van der Waals surface area (Å²) in [5.41, 5.74) is 7.02. The minimum absolute atomic E-state index is 0.282. The standard InChI is InChI=1S/C23H36N2O3Si/c1-18(2)29(19(3)4,20(5)6)16-13-25(23(26)27)17-21-7-9-22(10-8-21)24-11-14-28-15-12-24/h7-10,18-20H,11-12,14-15,17H2,1-6H3,(H,26,27). The molecule has 6 heteroatoms. The molecular formula is C23H36N2O3Si. The lowest BCUT2D eigenvalue weighted by Gasteiger charge is -2.38. The fourth-order valence-corrected chi connectivity index (χ4v) is 9.76. The molecular weight excluding hydrogens is 380 g/mol. The normalized spacial score (nSPS) is 14.9. The summed E-state index contributed by atoms with van der Waals surface area (Å²) in [5, 5.41) is 9.72. The molecule has 1 fully saturated rings. The van der Waals surface area contributed by atoms with Gasteiger partial charge in [-0.05, 0) is 34.3 Å². The number of nitrogens with zero attached hydrogens (tertiary/aromatic N) is 2. The number of rotatable bonds is 6. The number of carbonyl (C=O) groups is 1. The van der Waals surface area contributed by atoms with Gasteiger partial charge in [-0.1, -0.05) is 53.7 Å². The zero-order chi connectivity index (χ0) is 21.6. The van der Waals surface area contributed by atoms with E-state index in [0.717, 1.165) is 37.6 Å². The van der Waals surface area contributed by atoms with E-state index in [0.29, 0.717) is 16.6 Å². The Labute approximate surface area is 177 Å². The first-order chi connectivity index (χ1) is 13.7. The first kappa shape index (κ1) is 23.3. The fourth-order valence-electron chi connectivity index (χ4n) is 4.57. The molecule has 1 aliphatic rings. The van der Waals surface area contributed by atoms with Crippen molar-refractivity contribution in [1.29, 1.82) is 0 Å². The van der Waals surface area contributed by atoms with Crippen LogP contribution in [0, 0.1) is 11.6 Å². The number of ether oxygens (including phenoxy) is 1. The second kappa shape index (κ2) is 10.2. The van der Waals surface area contributed by atoms with Crippen LogP contribution in [0.5, 0.6) is 0 Å². The molecule has 0 aromatic heterocycles. The molecule has 1 aromatic carbocycles. The van der Waals surface area contributed by atoms with Gasteiger partial charge in [0.05, 0.1) is 19.8 Å². The SMILES string of the molecule is CC(C)[Si](C#CN(Cc1ccc(N2CCOCC2)cc1)C(=O)O)(C(C)C)C(C)C. The lowest BCUT2D eigenvalue weighted by atomic mass is 10.2. The number of anilines is 1. The van der Waals surface area contributed by atoms with Crippen molar-refractivity contribution in [3.05, 3.63) is 29.8 Å². The highest BCUT2D eigenvalue weighted by molar-refractivity contribution is 6.90. The van der Waals surface area contributed by atoms with E-state index in [1.807, 2.05) is 12.1 Å². The number of carboxylic acid groups (broad SMARTS) is 1. The van der Waals surface area contributed by atoms with Gasteiger partial charge in [0.25, 0.3) is 0 Å². The van der Waals surface area contributed by atoms with E-state index < -0.39 is 14.2 Å². The van der Waals surface area contributed by atoms with Gasteiger partial charge in [0.15, 0.2) is 0 Å². The van der Waals surface area contributed by atoms with Crippen LogP contribution in [0.15, 0.2) is 24.3 Å². The second-order valence-corrected chi connectivity index (χ2v) is 14.3. The molecule has 5 nitrogen and oxygen atoms in total. The van der Waals surface area contributed by atoms with E-state index in [9.17, 15) is 9.90 Å². The quantitative estimate of drug-likeness (QED) is 0.394.